The lowest BCUT2D eigenvalue weighted by atomic mass is 10.0. The molecule has 2 heterocycles. The number of hydrogen-bond acceptors (Lipinski definition) is 3. The lowest BCUT2D eigenvalue weighted by Gasteiger charge is -2.40. The third kappa shape index (κ3) is 2.62. The van der Waals surface area contributed by atoms with E-state index in [2.05, 4.69) is 19.2 Å². The normalized spacial score (nSPS) is 23.1. The molecule has 1 saturated heterocycles. The van der Waals surface area contributed by atoms with Crippen LogP contribution in [0, 0.1) is 20.8 Å². The van der Waals surface area contributed by atoms with E-state index in [0.29, 0.717) is 6.04 Å². The van der Waals surface area contributed by atoms with Gasteiger partial charge in [-0.05, 0) is 33.6 Å². The van der Waals surface area contributed by atoms with Gasteiger partial charge in [0, 0.05) is 30.7 Å². The van der Waals surface area contributed by atoms with Gasteiger partial charge in [0.25, 0.3) is 5.91 Å². The van der Waals surface area contributed by atoms with E-state index in [9.17, 15) is 4.79 Å². The van der Waals surface area contributed by atoms with E-state index in [1.807, 2.05) is 25.7 Å². The van der Waals surface area contributed by atoms with Crippen molar-refractivity contribution in [3.05, 3.63) is 22.6 Å². The second kappa shape index (κ2) is 6.00. The molecule has 0 aliphatic carbocycles. The summed E-state index contributed by atoms with van der Waals surface area (Å²) >= 11 is 0. The van der Waals surface area contributed by atoms with Crippen LogP contribution in [0.2, 0.25) is 0 Å². The molecule has 0 aromatic carbocycles. The molecule has 0 radical (unpaired) electrons. The molecule has 4 nitrogen and oxygen atoms in total. The average Bonchev–Trinajstić information content (AvgIpc) is 2.70. The van der Waals surface area contributed by atoms with E-state index in [1.54, 1.807) is 0 Å². The van der Waals surface area contributed by atoms with Crippen LogP contribution in [0.3, 0.4) is 0 Å². The van der Waals surface area contributed by atoms with Crippen molar-refractivity contribution in [1.82, 2.24) is 10.2 Å². The fourth-order valence-electron chi connectivity index (χ4n) is 3.00. The molecule has 1 aliphatic rings. The Morgan fingerprint density at radius 2 is 1.95 bits per heavy atom. The second-order valence-electron chi connectivity index (χ2n) is 5.75. The Morgan fingerprint density at radius 3 is 2.45 bits per heavy atom. The van der Waals surface area contributed by atoms with Crippen molar-refractivity contribution in [2.24, 2.45) is 0 Å². The van der Waals surface area contributed by atoms with Crippen molar-refractivity contribution in [2.45, 2.75) is 59.5 Å². The largest absolute Gasteiger partial charge is 0.466 e. The van der Waals surface area contributed by atoms with Crippen LogP contribution in [0.15, 0.2) is 4.42 Å². The predicted octanol–water partition coefficient (Wildman–Crippen LogP) is 2.81. The van der Waals surface area contributed by atoms with Crippen molar-refractivity contribution >= 4 is 5.91 Å². The smallest absolute Gasteiger partial charge is 0.258 e. The third-order valence-corrected chi connectivity index (χ3v) is 4.50. The van der Waals surface area contributed by atoms with Gasteiger partial charge in [-0.3, -0.25) is 4.79 Å². The first kappa shape index (κ1) is 15.1. The molecule has 2 atom stereocenters. The molecule has 1 N–H and O–H groups in total. The van der Waals surface area contributed by atoms with E-state index in [4.69, 9.17) is 4.42 Å². The maximum atomic E-state index is 12.9. The topological polar surface area (TPSA) is 45.5 Å². The van der Waals surface area contributed by atoms with Gasteiger partial charge in [0.1, 0.15) is 11.5 Å². The number of rotatable bonds is 3. The minimum absolute atomic E-state index is 0.128. The number of amides is 1. The highest BCUT2D eigenvalue weighted by Gasteiger charge is 2.32. The average molecular weight is 278 g/mol. The number of hydrogen-bond donors (Lipinski definition) is 1. The molecule has 2 unspecified atom stereocenters. The van der Waals surface area contributed by atoms with E-state index in [1.165, 1.54) is 0 Å². The van der Waals surface area contributed by atoms with Crippen LogP contribution < -0.4 is 5.32 Å². The predicted molar refractivity (Wildman–Crippen MR) is 80.1 cm³/mol. The van der Waals surface area contributed by atoms with Gasteiger partial charge in [-0.25, -0.2) is 0 Å². The van der Waals surface area contributed by atoms with Gasteiger partial charge in [0.05, 0.1) is 5.56 Å². The van der Waals surface area contributed by atoms with E-state index in [0.717, 1.165) is 48.6 Å². The van der Waals surface area contributed by atoms with Gasteiger partial charge in [0.15, 0.2) is 0 Å². The molecule has 1 aromatic rings. The summed E-state index contributed by atoms with van der Waals surface area (Å²) in [6, 6.07) is 0.676. The zero-order valence-corrected chi connectivity index (χ0v) is 13.2. The molecule has 0 spiro atoms. The summed E-state index contributed by atoms with van der Waals surface area (Å²) in [5, 5.41) is 3.52. The molecular formula is C16H26N2O2. The zero-order valence-electron chi connectivity index (χ0n) is 13.2. The number of carbonyl (C=O) groups excluding carboxylic acids is 1. The Bertz CT molecular complexity index is 493. The summed E-state index contributed by atoms with van der Waals surface area (Å²) < 4.78 is 5.62. The Morgan fingerprint density at radius 1 is 1.25 bits per heavy atom. The monoisotopic (exact) mass is 278 g/mol. The summed E-state index contributed by atoms with van der Waals surface area (Å²) in [5.41, 5.74) is 1.74. The SMILES string of the molecule is CCC1CN(C(=O)c2c(C)oc(C)c2C)C(CC)CN1. The van der Waals surface area contributed by atoms with Crippen molar-refractivity contribution in [2.75, 3.05) is 13.1 Å². The highest BCUT2D eigenvalue weighted by molar-refractivity contribution is 5.97. The summed E-state index contributed by atoms with van der Waals surface area (Å²) in [4.78, 5) is 15.0. The first-order valence-electron chi connectivity index (χ1n) is 7.60. The highest BCUT2D eigenvalue weighted by Crippen LogP contribution is 2.24. The molecule has 1 aliphatic heterocycles. The summed E-state index contributed by atoms with van der Waals surface area (Å²) in [6.45, 7) is 11.7. The van der Waals surface area contributed by atoms with Crippen molar-refractivity contribution < 1.29 is 9.21 Å². The number of furan rings is 1. The summed E-state index contributed by atoms with van der Waals surface area (Å²) in [6.07, 6.45) is 2.02. The second-order valence-corrected chi connectivity index (χ2v) is 5.75. The lowest BCUT2D eigenvalue weighted by Crippen LogP contribution is -2.58. The van der Waals surface area contributed by atoms with Crippen molar-refractivity contribution in [1.29, 1.82) is 0 Å². The van der Waals surface area contributed by atoms with Gasteiger partial charge in [0.2, 0.25) is 0 Å². The molecule has 1 amide bonds. The molecular weight excluding hydrogens is 252 g/mol. The maximum absolute atomic E-state index is 12.9. The quantitative estimate of drug-likeness (QED) is 0.924. The van der Waals surface area contributed by atoms with Crippen LogP contribution in [-0.4, -0.2) is 36.0 Å². The molecule has 1 aromatic heterocycles. The number of carbonyl (C=O) groups is 1. The summed E-state index contributed by atoms with van der Waals surface area (Å²) in [5.74, 6) is 1.72. The molecule has 4 heteroatoms. The first-order chi connectivity index (χ1) is 9.49. The van der Waals surface area contributed by atoms with E-state index < -0.39 is 0 Å². The van der Waals surface area contributed by atoms with Gasteiger partial charge in [-0.1, -0.05) is 13.8 Å². The fourth-order valence-corrected chi connectivity index (χ4v) is 3.00. The number of piperazine rings is 1. The van der Waals surface area contributed by atoms with Crippen LogP contribution in [0.25, 0.3) is 0 Å². The lowest BCUT2D eigenvalue weighted by molar-refractivity contribution is 0.0573. The minimum Gasteiger partial charge on any atom is -0.466 e. The standard InChI is InChI=1S/C16H26N2O2/c1-6-13-9-18(14(7-2)8-17-13)16(19)15-10(3)11(4)20-12(15)5/h13-14,17H,6-9H2,1-5H3. The number of nitrogens with one attached hydrogen (secondary N) is 1. The van der Waals surface area contributed by atoms with Crippen molar-refractivity contribution in [3.63, 3.8) is 0 Å². The summed E-state index contributed by atoms with van der Waals surface area (Å²) in [7, 11) is 0. The Balaban J connectivity index is 2.29. The van der Waals surface area contributed by atoms with Gasteiger partial charge < -0.3 is 14.6 Å². The van der Waals surface area contributed by atoms with E-state index in [-0.39, 0.29) is 11.9 Å². The highest BCUT2D eigenvalue weighted by atomic mass is 16.3. The third-order valence-electron chi connectivity index (χ3n) is 4.50. The molecule has 2 rings (SSSR count). The van der Waals surface area contributed by atoms with Crippen LogP contribution in [0.5, 0.6) is 0 Å². The number of nitrogens with zero attached hydrogens (tertiary/aromatic N) is 1. The molecule has 112 valence electrons. The van der Waals surface area contributed by atoms with Gasteiger partial charge in [-0.15, -0.1) is 0 Å². The van der Waals surface area contributed by atoms with Crippen LogP contribution in [0.1, 0.15) is 54.1 Å². The van der Waals surface area contributed by atoms with Crippen LogP contribution in [0.4, 0.5) is 0 Å². The van der Waals surface area contributed by atoms with Crippen LogP contribution in [-0.2, 0) is 0 Å². The minimum atomic E-state index is 0.128. The van der Waals surface area contributed by atoms with Gasteiger partial charge >= 0.3 is 0 Å². The maximum Gasteiger partial charge on any atom is 0.258 e. The Hall–Kier alpha value is -1.29. The molecule has 0 saturated carbocycles. The Labute approximate surface area is 121 Å². The zero-order chi connectivity index (χ0) is 14.9. The number of aryl methyl sites for hydroxylation is 2. The molecule has 20 heavy (non-hydrogen) atoms. The van der Waals surface area contributed by atoms with Crippen LogP contribution >= 0.6 is 0 Å². The fraction of sp³-hybridized carbons (Fsp3) is 0.688. The first-order valence-corrected chi connectivity index (χ1v) is 7.60. The van der Waals surface area contributed by atoms with Gasteiger partial charge in [-0.2, -0.15) is 0 Å². The van der Waals surface area contributed by atoms with Crippen molar-refractivity contribution in [3.8, 4) is 0 Å². The molecule has 1 fully saturated rings. The Kier molecular flexibility index (Phi) is 4.53. The van der Waals surface area contributed by atoms with E-state index >= 15 is 0 Å². The molecule has 0 bridgehead atoms.